The molecule has 2 rings (SSSR count). The lowest BCUT2D eigenvalue weighted by molar-refractivity contribution is 0.397. The molecule has 1 atom stereocenters. The van der Waals surface area contributed by atoms with Gasteiger partial charge in [0, 0.05) is 19.6 Å². The van der Waals surface area contributed by atoms with E-state index in [1.165, 1.54) is 12.2 Å². The van der Waals surface area contributed by atoms with E-state index in [2.05, 4.69) is 38.9 Å². The van der Waals surface area contributed by atoms with Crippen LogP contribution in [0.4, 0.5) is 0 Å². The molecule has 1 aliphatic heterocycles. The van der Waals surface area contributed by atoms with Crippen molar-refractivity contribution in [2.24, 2.45) is 4.99 Å². The molecule has 0 aromatic carbocycles. The van der Waals surface area contributed by atoms with Crippen LogP contribution in [0, 0.1) is 6.92 Å². The predicted molar refractivity (Wildman–Crippen MR) is 109 cm³/mol. The summed E-state index contributed by atoms with van der Waals surface area (Å²) in [5, 5.41) is 11.3. The number of aryl methyl sites for hydroxylation is 2. The Labute approximate surface area is 160 Å². The van der Waals surface area contributed by atoms with Crippen molar-refractivity contribution in [3.63, 3.8) is 0 Å². The Balaban J connectivity index is 0.00000264. The first-order chi connectivity index (χ1) is 10.7. The van der Waals surface area contributed by atoms with E-state index in [9.17, 15) is 0 Å². The van der Waals surface area contributed by atoms with Crippen molar-refractivity contribution < 1.29 is 0 Å². The second-order valence-electron chi connectivity index (χ2n) is 5.54. The van der Waals surface area contributed by atoms with E-state index in [-0.39, 0.29) is 30.0 Å². The van der Waals surface area contributed by atoms with Gasteiger partial charge in [-0.2, -0.15) is 16.9 Å². The molecule has 132 valence electrons. The van der Waals surface area contributed by atoms with Crippen LogP contribution in [-0.4, -0.2) is 45.8 Å². The lowest BCUT2D eigenvalue weighted by Gasteiger charge is -2.25. The van der Waals surface area contributed by atoms with Crippen molar-refractivity contribution in [3.8, 4) is 0 Å². The van der Waals surface area contributed by atoms with Crippen LogP contribution in [-0.2, 0) is 6.54 Å². The summed E-state index contributed by atoms with van der Waals surface area (Å²) in [6.45, 7) is 6.76. The summed E-state index contributed by atoms with van der Waals surface area (Å²) in [6, 6.07) is 0.207. The molecule has 6 nitrogen and oxygen atoms in total. The van der Waals surface area contributed by atoms with Crippen molar-refractivity contribution in [3.05, 3.63) is 11.6 Å². The topological polar surface area (TPSA) is 67.1 Å². The lowest BCUT2D eigenvalue weighted by atomic mass is 10.1. The van der Waals surface area contributed by atoms with Gasteiger partial charge in [-0.05, 0) is 51.5 Å². The maximum absolute atomic E-state index is 4.69. The third kappa shape index (κ3) is 6.48. The van der Waals surface area contributed by atoms with Crippen LogP contribution in [0.3, 0.4) is 0 Å². The zero-order chi connectivity index (χ0) is 15.8. The van der Waals surface area contributed by atoms with Crippen LogP contribution in [0.1, 0.15) is 50.3 Å². The summed E-state index contributed by atoms with van der Waals surface area (Å²) in [5.41, 5.74) is 0. The number of unbranched alkanes of at least 4 members (excludes halogenated alkanes) is 1. The maximum Gasteiger partial charge on any atom is 0.191 e. The number of hydrogen-bond acceptors (Lipinski definition) is 4. The standard InChI is InChI=1S/C15H28N6S.HI/c1-4-16-15(17-9-5-6-11-22-3)19-13-8-7-10-21-14(13)18-12(2)20-21;/h13H,4-11H2,1-3H3,(H2,16,17,19);1H. The number of aliphatic imine (C=N–C) groups is 1. The first kappa shape index (κ1) is 20.5. The number of guanidine groups is 1. The number of halogens is 1. The van der Waals surface area contributed by atoms with Gasteiger partial charge in [-0.3, -0.25) is 4.99 Å². The van der Waals surface area contributed by atoms with Gasteiger partial charge in [-0.25, -0.2) is 9.67 Å². The molecular weight excluding hydrogens is 423 g/mol. The van der Waals surface area contributed by atoms with Gasteiger partial charge in [-0.15, -0.1) is 24.0 Å². The van der Waals surface area contributed by atoms with Crippen molar-refractivity contribution in [2.45, 2.75) is 52.1 Å². The fourth-order valence-corrected chi connectivity index (χ4v) is 3.13. The number of hydrogen-bond donors (Lipinski definition) is 2. The minimum atomic E-state index is 0. The van der Waals surface area contributed by atoms with E-state index in [1.54, 1.807) is 0 Å². The Morgan fingerprint density at radius 1 is 1.43 bits per heavy atom. The predicted octanol–water partition coefficient (Wildman–Crippen LogP) is 2.74. The van der Waals surface area contributed by atoms with E-state index < -0.39 is 0 Å². The molecule has 2 heterocycles. The highest BCUT2D eigenvalue weighted by molar-refractivity contribution is 14.0. The molecule has 0 fully saturated rings. The molecule has 0 saturated carbocycles. The summed E-state index contributed by atoms with van der Waals surface area (Å²) in [7, 11) is 0. The molecule has 23 heavy (non-hydrogen) atoms. The average molecular weight is 452 g/mol. The van der Waals surface area contributed by atoms with Gasteiger partial charge in [-0.1, -0.05) is 0 Å². The van der Waals surface area contributed by atoms with Gasteiger partial charge in [0.25, 0.3) is 0 Å². The molecule has 0 aliphatic carbocycles. The number of aromatic nitrogens is 3. The normalized spacial score (nSPS) is 17.3. The van der Waals surface area contributed by atoms with Gasteiger partial charge < -0.3 is 10.6 Å². The Bertz CT molecular complexity index is 490. The van der Waals surface area contributed by atoms with E-state index in [4.69, 9.17) is 0 Å². The van der Waals surface area contributed by atoms with Gasteiger partial charge >= 0.3 is 0 Å². The maximum atomic E-state index is 4.69. The second kappa shape index (κ2) is 11.1. The largest absolute Gasteiger partial charge is 0.357 e. The van der Waals surface area contributed by atoms with Crippen molar-refractivity contribution in [2.75, 3.05) is 25.1 Å². The average Bonchev–Trinajstić information content (AvgIpc) is 2.88. The third-order valence-electron chi connectivity index (χ3n) is 3.66. The molecular formula is C15H29IN6S. The molecule has 0 amide bonds. The number of thioether (sulfide) groups is 1. The van der Waals surface area contributed by atoms with Gasteiger partial charge in [0.15, 0.2) is 5.96 Å². The second-order valence-corrected chi connectivity index (χ2v) is 6.53. The number of rotatable bonds is 7. The SMILES string of the molecule is CCNC(=NCCCCSC)NC1CCCn2nc(C)nc21.I. The Hall–Kier alpha value is -0.510. The molecule has 1 aromatic heterocycles. The highest BCUT2D eigenvalue weighted by Crippen LogP contribution is 2.22. The summed E-state index contributed by atoms with van der Waals surface area (Å²) in [5.74, 6) is 4.00. The zero-order valence-electron chi connectivity index (χ0n) is 14.3. The van der Waals surface area contributed by atoms with Crippen LogP contribution >= 0.6 is 35.7 Å². The monoisotopic (exact) mass is 452 g/mol. The van der Waals surface area contributed by atoms with Crippen molar-refractivity contribution in [1.82, 2.24) is 25.4 Å². The van der Waals surface area contributed by atoms with Crippen LogP contribution in [0.2, 0.25) is 0 Å². The highest BCUT2D eigenvalue weighted by Gasteiger charge is 2.24. The van der Waals surface area contributed by atoms with E-state index in [0.29, 0.717) is 0 Å². The summed E-state index contributed by atoms with van der Waals surface area (Å²) < 4.78 is 2.03. The highest BCUT2D eigenvalue weighted by atomic mass is 127. The lowest BCUT2D eigenvalue weighted by Crippen LogP contribution is -2.41. The third-order valence-corrected chi connectivity index (χ3v) is 4.36. The van der Waals surface area contributed by atoms with Crippen molar-refractivity contribution in [1.29, 1.82) is 0 Å². The smallest absolute Gasteiger partial charge is 0.191 e. The Kier molecular flexibility index (Phi) is 9.92. The molecule has 0 radical (unpaired) electrons. The van der Waals surface area contributed by atoms with Gasteiger partial charge in [0.2, 0.25) is 0 Å². The molecule has 0 bridgehead atoms. The van der Waals surface area contributed by atoms with Crippen LogP contribution in [0.25, 0.3) is 0 Å². The molecule has 1 aliphatic rings. The van der Waals surface area contributed by atoms with Crippen LogP contribution < -0.4 is 10.6 Å². The molecule has 1 unspecified atom stereocenters. The van der Waals surface area contributed by atoms with E-state index >= 15 is 0 Å². The first-order valence-electron chi connectivity index (χ1n) is 8.19. The summed E-state index contributed by atoms with van der Waals surface area (Å²) >= 11 is 1.90. The minimum Gasteiger partial charge on any atom is -0.357 e. The number of nitrogens with zero attached hydrogens (tertiary/aromatic N) is 4. The molecule has 2 N–H and O–H groups in total. The Morgan fingerprint density at radius 3 is 3.00 bits per heavy atom. The van der Waals surface area contributed by atoms with E-state index in [1.807, 2.05) is 23.4 Å². The van der Waals surface area contributed by atoms with Crippen LogP contribution in [0.5, 0.6) is 0 Å². The number of nitrogens with one attached hydrogen (secondary N) is 2. The zero-order valence-corrected chi connectivity index (χ0v) is 17.5. The summed E-state index contributed by atoms with van der Waals surface area (Å²) in [6.07, 6.45) is 6.71. The summed E-state index contributed by atoms with van der Waals surface area (Å²) in [4.78, 5) is 9.26. The molecule has 8 heteroatoms. The van der Waals surface area contributed by atoms with Gasteiger partial charge in [0.1, 0.15) is 11.6 Å². The van der Waals surface area contributed by atoms with Crippen molar-refractivity contribution >= 4 is 41.7 Å². The Morgan fingerprint density at radius 2 is 2.26 bits per heavy atom. The number of fused-ring (bicyclic) bond motifs is 1. The molecule has 1 aromatic rings. The fraction of sp³-hybridized carbons (Fsp3) is 0.800. The first-order valence-corrected chi connectivity index (χ1v) is 9.59. The molecule has 0 saturated heterocycles. The fourth-order valence-electron chi connectivity index (χ4n) is 2.64. The van der Waals surface area contributed by atoms with E-state index in [0.717, 1.165) is 56.5 Å². The molecule has 0 spiro atoms. The van der Waals surface area contributed by atoms with Crippen LogP contribution in [0.15, 0.2) is 4.99 Å². The quantitative estimate of drug-likeness (QED) is 0.288. The van der Waals surface area contributed by atoms with Gasteiger partial charge in [0.05, 0.1) is 6.04 Å². The minimum absolute atomic E-state index is 0.